The number of nitrogens with zero attached hydrogens (tertiary/aromatic N) is 3. The molecular formula is C28H30N4O2. The number of hydrogen-bond donors (Lipinski definition) is 1. The maximum atomic E-state index is 13.2. The second kappa shape index (κ2) is 11.3. The first-order valence-corrected chi connectivity index (χ1v) is 11.8. The number of anilines is 1. The molecule has 4 rings (SSSR count). The molecule has 174 valence electrons. The van der Waals surface area contributed by atoms with Gasteiger partial charge < -0.3 is 14.8 Å². The van der Waals surface area contributed by atoms with Gasteiger partial charge in [-0.25, -0.2) is 4.98 Å². The lowest BCUT2D eigenvalue weighted by Crippen LogP contribution is -2.34. The van der Waals surface area contributed by atoms with E-state index in [4.69, 9.17) is 4.98 Å². The summed E-state index contributed by atoms with van der Waals surface area (Å²) < 4.78 is 1.97. The number of imidazole rings is 1. The zero-order valence-corrected chi connectivity index (χ0v) is 19.5. The van der Waals surface area contributed by atoms with Crippen LogP contribution in [0, 0.1) is 0 Å². The Morgan fingerprint density at radius 2 is 1.56 bits per heavy atom. The molecule has 0 fully saturated rings. The van der Waals surface area contributed by atoms with Gasteiger partial charge in [0.15, 0.2) is 0 Å². The third kappa shape index (κ3) is 5.70. The van der Waals surface area contributed by atoms with E-state index in [1.807, 2.05) is 96.4 Å². The predicted molar refractivity (Wildman–Crippen MR) is 136 cm³/mol. The Morgan fingerprint density at radius 1 is 0.882 bits per heavy atom. The number of hydrogen-bond acceptors (Lipinski definition) is 3. The number of fused-ring (bicyclic) bond motifs is 1. The summed E-state index contributed by atoms with van der Waals surface area (Å²) in [5.41, 5.74) is 3.80. The molecule has 1 N–H and O–H groups in total. The smallest absolute Gasteiger partial charge is 0.246 e. The Hall–Kier alpha value is -3.93. The van der Waals surface area contributed by atoms with E-state index >= 15 is 0 Å². The average molecular weight is 455 g/mol. The van der Waals surface area contributed by atoms with E-state index in [0.717, 1.165) is 28.1 Å². The standard InChI is InChI=1S/C28H30N4O2/c1-2-31(23-13-7-4-8-14-23)28(34)21-32-25-16-10-9-15-24(25)30-26(32)19-20-29-27(33)18-17-22-11-5-3-6-12-22/h3-16H,2,17-21H2,1H3,(H,29,33). The van der Waals surface area contributed by atoms with Crippen molar-refractivity contribution in [1.29, 1.82) is 0 Å². The Morgan fingerprint density at radius 3 is 2.29 bits per heavy atom. The van der Waals surface area contributed by atoms with Crippen molar-refractivity contribution in [3.63, 3.8) is 0 Å². The number of rotatable bonds is 10. The number of amides is 2. The maximum absolute atomic E-state index is 13.2. The lowest BCUT2D eigenvalue weighted by Gasteiger charge is -2.22. The first-order valence-electron chi connectivity index (χ1n) is 11.8. The lowest BCUT2D eigenvalue weighted by atomic mass is 10.1. The van der Waals surface area contributed by atoms with Crippen LogP contribution in [0.4, 0.5) is 5.69 Å². The molecule has 0 unspecified atom stereocenters. The van der Waals surface area contributed by atoms with E-state index in [1.165, 1.54) is 0 Å². The van der Waals surface area contributed by atoms with Crippen molar-refractivity contribution in [2.75, 3.05) is 18.0 Å². The van der Waals surface area contributed by atoms with Gasteiger partial charge >= 0.3 is 0 Å². The van der Waals surface area contributed by atoms with Crippen LogP contribution in [0.25, 0.3) is 11.0 Å². The molecule has 1 heterocycles. The fraction of sp³-hybridized carbons (Fsp3) is 0.250. The van der Waals surface area contributed by atoms with Gasteiger partial charge in [0.25, 0.3) is 0 Å². The zero-order valence-electron chi connectivity index (χ0n) is 19.5. The van der Waals surface area contributed by atoms with Crippen molar-refractivity contribution < 1.29 is 9.59 Å². The molecule has 3 aromatic carbocycles. The number of carbonyl (C=O) groups is 2. The van der Waals surface area contributed by atoms with Gasteiger partial charge in [-0.3, -0.25) is 9.59 Å². The number of carbonyl (C=O) groups excluding carboxylic acids is 2. The summed E-state index contributed by atoms with van der Waals surface area (Å²) >= 11 is 0. The SMILES string of the molecule is CCN(C(=O)Cn1c(CCNC(=O)CCc2ccccc2)nc2ccccc21)c1ccccc1. The summed E-state index contributed by atoms with van der Waals surface area (Å²) in [4.78, 5) is 32.1. The number of aromatic nitrogens is 2. The van der Waals surface area contributed by atoms with E-state index in [-0.39, 0.29) is 18.4 Å². The molecule has 0 bridgehead atoms. The number of para-hydroxylation sites is 3. The summed E-state index contributed by atoms with van der Waals surface area (Å²) in [6, 6.07) is 27.5. The number of benzene rings is 3. The van der Waals surface area contributed by atoms with Crippen molar-refractivity contribution >= 4 is 28.5 Å². The summed E-state index contributed by atoms with van der Waals surface area (Å²) in [5, 5.41) is 3.00. The molecule has 34 heavy (non-hydrogen) atoms. The fourth-order valence-corrected chi connectivity index (χ4v) is 4.13. The van der Waals surface area contributed by atoms with Crippen LogP contribution in [0.15, 0.2) is 84.9 Å². The van der Waals surface area contributed by atoms with Gasteiger partial charge in [-0.15, -0.1) is 0 Å². The van der Waals surface area contributed by atoms with Crippen LogP contribution in [-0.4, -0.2) is 34.5 Å². The Kier molecular flexibility index (Phi) is 7.71. The molecule has 0 saturated heterocycles. The molecule has 0 saturated carbocycles. The Labute approximate surface area is 200 Å². The van der Waals surface area contributed by atoms with Gasteiger partial charge in [-0.1, -0.05) is 60.7 Å². The Bertz CT molecular complexity index is 1240. The van der Waals surface area contributed by atoms with Gasteiger partial charge in [0.05, 0.1) is 11.0 Å². The van der Waals surface area contributed by atoms with Crippen molar-refractivity contribution in [3.8, 4) is 0 Å². The molecule has 0 radical (unpaired) electrons. The predicted octanol–water partition coefficient (Wildman–Crippen LogP) is 4.38. The summed E-state index contributed by atoms with van der Waals surface area (Å²) in [6.45, 7) is 3.23. The highest BCUT2D eigenvalue weighted by Crippen LogP contribution is 2.19. The monoisotopic (exact) mass is 454 g/mol. The first-order chi connectivity index (χ1) is 16.7. The van der Waals surface area contributed by atoms with Crippen LogP contribution in [0.1, 0.15) is 24.7 Å². The van der Waals surface area contributed by atoms with Gasteiger partial charge in [-0.2, -0.15) is 0 Å². The van der Waals surface area contributed by atoms with Crippen LogP contribution in [-0.2, 0) is 29.0 Å². The molecular weight excluding hydrogens is 424 g/mol. The van der Waals surface area contributed by atoms with Crippen LogP contribution >= 0.6 is 0 Å². The van der Waals surface area contributed by atoms with Crippen molar-refractivity contribution in [2.45, 2.75) is 32.7 Å². The number of nitrogens with one attached hydrogen (secondary N) is 1. The average Bonchev–Trinajstić information content (AvgIpc) is 3.21. The van der Waals surface area contributed by atoms with Gasteiger partial charge in [0, 0.05) is 31.6 Å². The van der Waals surface area contributed by atoms with E-state index in [1.54, 1.807) is 4.90 Å². The van der Waals surface area contributed by atoms with Gasteiger partial charge in [-0.05, 0) is 43.2 Å². The molecule has 4 aromatic rings. The van der Waals surface area contributed by atoms with Crippen LogP contribution in [0.5, 0.6) is 0 Å². The molecule has 0 atom stereocenters. The highest BCUT2D eigenvalue weighted by molar-refractivity contribution is 5.94. The Balaban J connectivity index is 1.42. The molecule has 0 spiro atoms. The minimum Gasteiger partial charge on any atom is -0.356 e. The maximum Gasteiger partial charge on any atom is 0.246 e. The third-order valence-corrected chi connectivity index (χ3v) is 5.87. The summed E-state index contributed by atoms with van der Waals surface area (Å²) in [7, 11) is 0. The van der Waals surface area contributed by atoms with Crippen molar-refractivity contribution in [3.05, 3.63) is 96.3 Å². The number of aryl methyl sites for hydroxylation is 1. The van der Waals surface area contributed by atoms with Crippen LogP contribution in [0.2, 0.25) is 0 Å². The molecule has 2 amide bonds. The molecule has 0 aliphatic carbocycles. The minimum atomic E-state index is 0.00463. The molecule has 6 nitrogen and oxygen atoms in total. The molecule has 1 aromatic heterocycles. The van der Waals surface area contributed by atoms with Gasteiger partial charge in [0.1, 0.15) is 12.4 Å². The molecule has 0 aliphatic heterocycles. The second-order valence-electron chi connectivity index (χ2n) is 8.16. The fourth-order valence-electron chi connectivity index (χ4n) is 4.13. The first kappa shape index (κ1) is 23.2. The molecule has 6 heteroatoms. The highest BCUT2D eigenvalue weighted by Gasteiger charge is 2.18. The van der Waals surface area contributed by atoms with E-state index < -0.39 is 0 Å². The summed E-state index contributed by atoms with van der Waals surface area (Å²) in [5.74, 6) is 0.816. The normalized spacial score (nSPS) is 10.9. The van der Waals surface area contributed by atoms with E-state index in [9.17, 15) is 9.59 Å². The highest BCUT2D eigenvalue weighted by atomic mass is 16.2. The van der Waals surface area contributed by atoms with E-state index in [2.05, 4.69) is 5.32 Å². The zero-order chi connectivity index (χ0) is 23.8. The van der Waals surface area contributed by atoms with Crippen molar-refractivity contribution in [1.82, 2.24) is 14.9 Å². The van der Waals surface area contributed by atoms with Gasteiger partial charge in [0.2, 0.25) is 11.8 Å². The van der Waals surface area contributed by atoms with Crippen molar-refractivity contribution in [2.24, 2.45) is 0 Å². The third-order valence-electron chi connectivity index (χ3n) is 5.87. The summed E-state index contributed by atoms with van der Waals surface area (Å²) in [6.07, 6.45) is 1.71. The van der Waals surface area contributed by atoms with Crippen LogP contribution < -0.4 is 10.2 Å². The van der Waals surface area contributed by atoms with Crippen LogP contribution in [0.3, 0.4) is 0 Å². The second-order valence-corrected chi connectivity index (χ2v) is 8.16. The topological polar surface area (TPSA) is 67.2 Å². The lowest BCUT2D eigenvalue weighted by molar-refractivity contribution is -0.121. The van der Waals surface area contributed by atoms with E-state index in [0.29, 0.717) is 32.4 Å². The molecule has 0 aliphatic rings. The minimum absolute atomic E-state index is 0.00463. The largest absolute Gasteiger partial charge is 0.356 e. The quantitative estimate of drug-likeness (QED) is 0.387. The number of likely N-dealkylation sites (N-methyl/N-ethyl adjacent to an activating group) is 1.